The number of hydrogen-bond donors (Lipinski definition) is 0. The van der Waals surface area contributed by atoms with Crippen molar-refractivity contribution in [2.24, 2.45) is 0 Å². The van der Waals surface area contributed by atoms with Crippen LogP contribution in [0.5, 0.6) is 5.75 Å². The molecule has 5 heteroatoms. The van der Waals surface area contributed by atoms with Crippen molar-refractivity contribution in [2.45, 2.75) is 39.3 Å². The van der Waals surface area contributed by atoms with E-state index in [9.17, 15) is 4.79 Å². The van der Waals surface area contributed by atoms with E-state index in [1.165, 1.54) is 0 Å². The molecule has 0 radical (unpaired) electrons. The van der Waals surface area contributed by atoms with E-state index >= 15 is 0 Å². The molecule has 0 spiro atoms. The molecule has 1 amide bonds. The third-order valence-corrected chi connectivity index (χ3v) is 5.65. The summed E-state index contributed by atoms with van der Waals surface area (Å²) in [5.74, 6) is 0.925. The van der Waals surface area contributed by atoms with Gasteiger partial charge in [-0.15, -0.1) is 0 Å². The van der Waals surface area contributed by atoms with Crippen LogP contribution >= 0.6 is 0 Å². The summed E-state index contributed by atoms with van der Waals surface area (Å²) in [7, 11) is 1.68. The molecular formula is C24H27N3O2. The first-order valence-electron chi connectivity index (χ1n) is 10.1. The Morgan fingerprint density at radius 3 is 2.59 bits per heavy atom. The average Bonchev–Trinajstić information content (AvgIpc) is 3.34. The van der Waals surface area contributed by atoms with Crippen LogP contribution in [-0.4, -0.2) is 34.2 Å². The van der Waals surface area contributed by atoms with E-state index in [4.69, 9.17) is 4.74 Å². The van der Waals surface area contributed by atoms with Crippen LogP contribution in [0.1, 0.15) is 51.8 Å². The number of methoxy groups -OCH3 is 1. The number of nitrogens with zero attached hydrogens (tertiary/aromatic N) is 3. The van der Waals surface area contributed by atoms with Crippen molar-refractivity contribution in [2.75, 3.05) is 13.7 Å². The zero-order chi connectivity index (χ0) is 20.4. The fourth-order valence-electron chi connectivity index (χ4n) is 4.20. The molecule has 2 heterocycles. The van der Waals surface area contributed by atoms with Crippen molar-refractivity contribution < 1.29 is 9.53 Å². The van der Waals surface area contributed by atoms with E-state index in [-0.39, 0.29) is 11.9 Å². The van der Waals surface area contributed by atoms with Gasteiger partial charge in [0, 0.05) is 23.4 Å². The largest absolute Gasteiger partial charge is 0.496 e. The molecule has 0 saturated carbocycles. The van der Waals surface area contributed by atoms with Crippen molar-refractivity contribution in [3.8, 4) is 5.75 Å². The van der Waals surface area contributed by atoms with Crippen LogP contribution in [0.2, 0.25) is 0 Å². The summed E-state index contributed by atoms with van der Waals surface area (Å²) in [6.07, 6.45) is 1.96. The number of aryl methyl sites for hydroxylation is 2. The smallest absolute Gasteiger partial charge is 0.254 e. The SMILES string of the molecule is COc1ccccc1[C@@H]1CCCN1C(=O)c1ccc(Cn2nc(C)cc2C)cc1. The molecule has 1 saturated heterocycles. The molecule has 0 bridgehead atoms. The summed E-state index contributed by atoms with van der Waals surface area (Å²) in [6.45, 7) is 5.54. The number of rotatable bonds is 5. The Kier molecular flexibility index (Phi) is 5.38. The predicted octanol–water partition coefficient (Wildman–Crippen LogP) is 4.53. The standard InChI is InChI=1S/C24H27N3O2/c1-17-15-18(2)27(25-17)16-19-10-12-20(13-11-19)24(28)26-14-6-8-22(26)21-7-4-5-9-23(21)29-3/h4-5,7,9-13,15,22H,6,8,14,16H2,1-3H3/t22-/m0/s1. The topological polar surface area (TPSA) is 47.4 Å². The highest BCUT2D eigenvalue weighted by Gasteiger charge is 2.32. The number of para-hydroxylation sites is 1. The Morgan fingerprint density at radius 2 is 1.90 bits per heavy atom. The van der Waals surface area contributed by atoms with Gasteiger partial charge in [0.15, 0.2) is 0 Å². The Labute approximate surface area is 171 Å². The molecule has 1 aliphatic heterocycles. The highest BCUT2D eigenvalue weighted by Crippen LogP contribution is 2.37. The maximum atomic E-state index is 13.2. The quantitative estimate of drug-likeness (QED) is 0.644. The summed E-state index contributed by atoms with van der Waals surface area (Å²) >= 11 is 0. The van der Waals surface area contributed by atoms with E-state index in [0.717, 1.165) is 53.2 Å². The maximum Gasteiger partial charge on any atom is 0.254 e. The van der Waals surface area contributed by atoms with E-state index in [1.54, 1.807) is 7.11 Å². The fraction of sp³-hybridized carbons (Fsp3) is 0.333. The van der Waals surface area contributed by atoms with Crippen LogP contribution in [0.4, 0.5) is 0 Å². The van der Waals surface area contributed by atoms with Crippen molar-refractivity contribution in [1.82, 2.24) is 14.7 Å². The number of ether oxygens (including phenoxy) is 1. The molecule has 0 aliphatic carbocycles. The van der Waals surface area contributed by atoms with Gasteiger partial charge in [-0.05, 0) is 56.5 Å². The predicted molar refractivity (Wildman–Crippen MR) is 113 cm³/mol. The zero-order valence-corrected chi connectivity index (χ0v) is 17.3. The fourth-order valence-corrected chi connectivity index (χ4v) is 4.20. The van der Waals surface area contributed by atoms with Crippen molar-refractivity contribution in [3.63, 3.8) is 0 Å². The molecule has 4 rings (SSSR count). The average molecular weight is 389 g/mol. The molecular weight excluding hydrogens is 362 g/mol. The molecule has 29 heavy (non-hydrogen) atoms. The Bertz CT molecular complexity index is 1010. The highest BCUT2D eigenvalue weighted by atomic mass is 16.5. The molecule has 150 valence electrons. The lowest BCUT2D eigenvalue weighted by Crippen LogP contribution is -2.30. The second-order valence-electron chi connectivity index (χ2n) is 7.68. The number of benzene rings is 2. The summed E-state index contributed by atoms with van der Waals surface area (Å²) in [5, 5.41) is 4.52. The lowest BCUT2D eigenvalue weighted by molar-refractivity contribution is 0.0734. The number of likely N-dealkylation sites (tertiary alicyclic amines) is 1. The first-order chi connectivity index (χ1) is 14.1. The number of carbonyl (C=O) groups is 1. The third-order valence-electron chi connectivity index (χ3n) is 5.65. The monoisotopic (exact) mass is 389 g/mol. The van der Waals surface area contributed by atoms with Gasteiger partial charge in [0.05, 0.1) is 25.4 Å². The molecule has 1 atom stereocenters. The van der Waals surface area contributed by atoms with E-state index in [0.29, 0.717) is 6.54 Å². The van der Waals surface area contributed by atoms with Gasteiger partial charge in [-0.1, -0.05) is 30.3 Å². The molecule has 0 unspecified atom stereocenters. The summed E-state index contributed by atoms with van der Waals surface area (Å²) in [6, 6.07) is 18.0. The molecule has 1 fully saturated rings. The Balaban J connectivity index is 1.52. The van der Waals surface area contributed by atoms with Gasteiger partial charge in [-0.3, -0.25) is 9.48 Å². The first-order valence-corrected chi connectivity index (χ1v) is 10.1. The van der Waals surface area contributed by atoms with Crippen LogP contribution in [0.15, 0.2) is 54.6 Å². The number of amides is 1. The molecule has 1 aliphatic rings. The third kappa shape index (κ3) is 3.90. The normalized spacial score (nSPS) is 16.2. The summed E-state index contributed by atoms with van der Waals surface area (Å²) < 4.78 is 7.52. The zero-order valence-electron chi connectivity index (χ0n) is 17.3. The Hall–Kier alpha value is -3.08. The minimum Gasteiger partial charge on any atom is -0.496 e. The van der Waals surface area contributed by atoms with Gasteiger partial charge >= 0.3 is 0 Å². The molecule has 3 aromatic rings. The van der Waals surface area contributed by atoms with Crippen LogP contribution in [0.3, 0.4) is 0 Å². The lowest BCUT2D eigenvalue weighted by Gasteiger charge is -2.26. The van der Waals surface area contributed by atoms with Crippen LogP contribution < -0.4 is 4.74 Å². The van der Waals surface area contributed by atoms with Crippen LogP contribution in [0, 0.1) is 13.8 Å². The summed E-state index contributed by atoms with van der Waals surface area (Å²) in [4.78, 5) is 15.2. The highest BCUT2D eigenvalue weighted by molar-refractivity contribution is 5.94. The van der Waals surface area contributed by atoms with Crippen molar-refractivity contribution >= 4 is 5.91 Å². The molecule has 5 nitrogen and oxygen atoms in total. The minimum absolute atomic E-state index is 0.0630. The van der Waals surface area contributed by atoms with Crippen molar-refractivity contribution in [3.05, 3.63) is 82.7 Å². The van der Waals surface area contributed by atoms with E-state index < -0.39 is 0 Å². The van der Waals surface area contributed by atoms with Crippen molar-refractivity contribution in [1.29, 1.82) is 0 Å². The molecule has 0 N–H and O–H groups in total. The van der Waals surface area contributed by atoms with Crippen LogP contribution in [-0.2, 0) is 6.54 Å². The van der Waals surface area contributed by atoms with Gasteiger partial charge in [0.1, 0.15) is 5.75 Å². The minimum atomic E-state index is 0.0630. The number of carbonyl (C=O) groups excluding carboxylic acids is 1. The van der Waals surface area contributed by atoms with Crippen LogP contribution in [0.25, 0.3) is 0 Å². The Morgan fingerprint density at radius 1 is 1.14 bits per heavy atom. The van der Waals surface area contributed by atoms with Gasteiger partial charge in [0.25, 0.3) is 5.91 Å². The second kappa shape index (κ2) is 8.11. The summed E-state index contributed by atoms with van der Waals surface area (Å²) in [5.41, 5.74) is 5.10. The maximum absolute atomic E-state index is 13.2. The number of hydrogen-bond acceptors (Lipinski definition) is 3. The van der Waals surface area contributed by atoms with E-state index in [1.807, 2.05) is 59.0 Å². The van der Waals surface area contributed by atoms with Gasteiger partial charge < -0.3 is 9.64 Å². The molecule has 1 aromatic heterocycles. The van der Waals surface area contributed by atoms with Gasteiger partial charge in [-0.25, -0.2) is 0 Å². The first kappa shape index (κ1) is 19.2. The lowest BCUT2D eigenvalue weighted by atomic mass is 10.0. The van der Waals surface area contributed by atoms with Gasteiger partial charge in [-0.2, -0.15) is 5.10 Å². The van der Waals surface area contributed by atoms with E-state index in [2.05, 4.69) is 24.2 Å². The second-order valence-corrected chi connectivity index (χ2v) is 7.68. The van der Waals surface area contributed by atoms with Gasteiger partial charge in [0.2, 0.25) is 0 Å². The molecule has 2 aromatic carbocycles. The number of aromatic nitrogens is 2.